The first-order chi connectivity index (χ1) is 7.86. The van der Waals surface area contributed by atoms with E-state index in [9.17, 15) is 0 Å². The highest BCUT2D eigenvalue weighted by Gasteiger charge is 2.04. The summed E-state index contributed by atoms with van der Waals surface area (Å²) < 4.78 is 2.36. The van der Waals surface area contributed by atoms with E-state index >= 15 is 0 Å². The van der Waals surface area contributed by atoms with Gasteiger partial charge in [0.25, 0.3) is 0 Å². The quantitative estimate of drug-likeness (QED) is 0.812. The minimum Gasteiger partial charge on any atom is -0.347 e. The number of aryl methyl sites for hydroxylation is 1. The molecule has 0 radical (unpaired) electrons. The van der Waals surface area contributed by atoms with Crippen LogP contribution >= 0.6 is 0 Å². The van der Waals surface area contributed by atoms with Crippen LogP contribution in [0, 0.1) is 0 Å². The van der Waals surface area contributed by atoms with Crippen LogP contribution < -0.4 is 5.32 Å². The molecule has 86 valence electrons. The Bertz CT molecular complexity index is 457. The van der Waals surface area contributed by atoms with Gasteiger partial charge in [0.1, 0.15) is 0 Å². The zero-order valence-corrected chi connectivity index (χ0v) is 10.2. The van der Waals surface area contributed by atoms with E-state index in [1.54, 1.807) is 0 Å². The van der Waals surface area contributed by atoms with Crippen LogP contribution in [-0.2, 0) is 13.1 Å². The summed E-state index contributed by atoms with van der Waals surface area (Å²) in [5.41, 5.74) is 2.75. The average Bonchev–Trinajstić information content (AvgIpc) is 2.71. The van der Waals surface area contributed by atoms with Crippen LogP contribution in [-0.4, -0.2) is 11.6 Å². The Morgan fingerprint density at radius 3 is 2.88 bits per heavy atom. The second-order valence-electron chi connectivity index (χ2n) is 4.24. The Morgan fingerprint density at radius 1 is 1.25 bits per heavy atom. The van der Waals surface area contributed by atoms with Gasteiger partial charge in [0.05, 0.1) is 0 Å². The van der Waals surface area contributed by atoms with Gasteiger partial charge in [0, 0.05) is 30.2 Å². The van der Waals surface area contributed by atoms with Gasteiger partial charge < -0.3 is 9.88 Å². The smallest absolute Gasteiger partial charge is 0.0483 e. The van der Waals surface area contributed by atoms with Crippen molar-refractivity contribution in [3.05, 3.63) is 36.0 Å². The van der Waals surface area contributed by atoms with Crippen molar-refractivity contribution >= 4 is 10.9 Å². The van der Waals surface area contributed by atoms with Gasteiger partial charge in [-0.25, -0.2) is 0 Å². The lowest BCUT2D eigenvalue weighted by Crippen LogP contribution is -2.05. The fourth-order valence-corrected chi connectivity index (χ4v) is 2.16. The van der Waals surface area contributed by atoms with Crippen molar-refractivity contribution in [2.45, 2.75) is 32.9 Å². The molecule has 1 heterocycles. The molecule has 0 saturated heterocycles. The van der Waals surface area contributed by atoms with Gasteiger partial charge in [0.2, 0.25) is 0 Å². The van der Waals surface area contributed by atoms with Gasteiger partial charge in [-0.2, -0.15) is 0 Å². The largest absolute Gasteiger partial charge is 0.347 e. The van der Waals surface area contributed by atoms with E-state index in [2.05, 4.69) is 47.3 Å². The molecule has 1 aromatic carbocycles. The summed E-state index contributed by atoms with van der Waals surface area (Å²) in [5, 5.41) is 4.60. The van der Waals surface area contributed by atoms with Crippen LogP contribution in [0.4, 0.5) is 0 Å². The second kappa shape index (κ2) is 5.17. The first-order valence-electron chi connectivity index (χ1n) is 6.08. The van der Waals surface area contributed by atoms with Crippen LogP contribution in [0.3, 0.4) is 0 Å². The summed E-state index contributed by atoms with van der Waals surface area (Å²) in [6, 6.07) is 8.79. The minimum atomic E-state index is 0.940. The zero-order chi connectivity index (χ0) is 11.4. The molecule has 0 saturated carbocycles. The molecule has 2 heteroatoms. The van der Waals surface area contributed by atoms with Crippen molar-refractivity contribution in [1.82, 2.24) is 9.88 Å². The molecule has 0 aliphatic rings. The fourth-order valence-electron chi connectivity index (χ4n) is 2.16. The predicted octanol–water partition coefficient (Wildman–Crippen LogP) is 3.16. The van der Waals surface area contributed by atoms with Gasteiger partial charge >= 0.3 is 0 Å². The van der Waals surface area contributed by atoms with Crippen LogP contribution in [0.15, 0.2) is 30.5 Å². The molecule has 0 bridgehead atoms. The van der Waals surface area contributed by atoms with E-state index < -0.39 is 0 Å². The maximum atomic E-state index is 3.22. The predicted molar refractivity (Wildman–Crippen MR) is 69.6 cm³/mol. The molecule has 0 spiro atoms. The number of rotatable bonds is 5. The lowest BCUT2D eigenvalue weighted by molar-refractivity contribution is 0.650. The van der Waals surface area contributed by atoms with Gasteiger partial charge in [0.15, 0.2) is 0 Å². The number of fused-ring (bicyclic) bond motifs is 1. The monoisotopic (exact) mass is 216 g/mol. The summed E-state index contributed by atoms with van der Waals surface area (Å²) in [6.45, 7) is 4.30. The van der Waals surface area contributed by atoms with E-state index in [1.807, 2.05) is 7.05 Å². The topological polar surface area (TPSA) is 17.0 Å². The van der Waals surface area contributed by atoms with Crippen molar-refractivity contribution in [3.8, 4) is 0 Å². The summed E-state index contributed by atoms with van der Waals surface area (Å²) in [7, 11) is 1.99. The summed E-state index contributed by atoms with van der Waals surface area (Å²) in [5.74, 6) is 0. The van der Waals surface area contributed by atoms with Crippen molar-refractivity contribution in [2.24, 2.45) is 0 Å². The molecular formula is C14H20N2. The van der Waals surface area contributed by atoms with Gasteiger partial charge in [-0.05, 0) is 31.2 Å². The molecule has 0 aliphatic heterocycles. The Balaban J connectivity index is 2.36. The van der Waals surface area contributed by atoms with Crippen molar-refractivity contribution in [3.63, 3.8) is 0 Å². The highest BCUT2D eigenvalue weighted by Crippen LogP contribution is 2.20. The lowest BCUT2D eigenvalue weighted by Gasteiger charge is -2.06. The molecule has 0 unspecified atom stereocenters. The van der Waals surface area contributed by atoms with Crippen molar-refractivity contribution in [2.75, 3.05) is 7.05 Å². The van der Waals surface area contributed by atoms with Crippen molar-refractivity contribution < 1.29 is 0 Å². The van der Waals surface area contributed by atoms with E-state index in [0.717, 1.165) is 13.1 Å². The second-order valence-corrected chi connectivity index (χ2v) is 4.24. The number of hydrogen-bond acceptors (Lipinski definition) is 1. The normalized spacial score (nSPS) is 11.1. The maximum Gasteiger partial charge on any atom is 0.0483 e. The molecule has 0 fully saturated rings. The Hall–Kier alpha value is -1.28. The molecule has 1 aromatic heterocycles. The Morgan fingerprint density at radius 2 is 2.12 bits per heavy atom. The first-order valence-corrected chi connectivity index (χ1v) is 6.08. The molecule has 0 atom stereocenters. The number of hydrogen-bond donors (Lipinski definition) is 1. The summed E-state index contributed by atoms with van der Waals surface area (Å²) in [4.78, 5) is 0. The van der Waals surface area contributed by atoms with Crippen LogP contribution in [0.1, 0.15) is 25.3 Å². The standard InChI is InChI=1S/C14H20N2/c1-3-4-9-16-10-8-13-12(11-15-2)6-5-7-14(13)16/h5-8,10,15H,3-4,9,11H2,1-2H3. The molecule has 0 aliphatic carbocycles. The van der Waals surface area contributed by atoms with E-state index in [4.69, 9.17) is 0 Å². The number of nitrogens with one attached hydrogen (secondary N) is 1. The minimum absolute atomic E-state index is 0.940. The molecule has 2 rings (SSSR count). The third kappa shape index (κ3) is 2.12. The van der Waals surface area contributed by atoms with Gasteiger partial charge in [-0.15, -0.1) is 0 Å². The fraction of sp³-hybridized carbons (Fsp3) is 0.429. The highest BCUT2D eigenvalue weighted by atomic mass is 14.9. The molecular weight excluding hydrogens is 196 g/mol. The first kappa shape index (κ1) is 11.2. The lowest BCUT2D eigenvalue weighted by atomic mass is 10.1. The third-order valence-corrected chi connectivity index (χ3v) is 3.02. The highest BCUT2D eigenvalue weighted by molar-refractivity contribution is 5.83. The molecule has 0 amide bonds. The van der Waals surface area contributed by atoms with E-state index in [-0.39, 0.29) is 0 Å². The molecule has 16 heavy (non-hydrogen) atoms. The zero-order valence-electron chi connectivity index (χ0n) is 10.2. The Kier molecular flexibility index (Phi) is 3.62. The van der Waals surface area contributed by atoms with Gasteiger partial charge in [-0.1, -0.05) is 25.5 Å². The SMILES string of the molecule is CCCCn1ccc2c(CNC)cccc21. The van der Waals surface area contributed by atoms with Crippen LogP contribution in [0.2, 0.25) is 0 Å². The summed E-state index contributed by atoms with van der Waals surface area (Å²) >= 11 is 0. The summed E-state index contributed by atoms with van der Waals surface area (Å²) in [6.07, 6.45) is 4.70. The van der Waals surface area contributed by atoms with E-state index in [1.165, 1.54) is 29.3 Å². The maximum absolute atomic E-state index is 3.22. The van der Waals surface area contributed by atoms with Crippen LogP contribution in [0.5, 0.6) is 0 Å². The Labute approximate surface area is 97.3 Å². The van der Waals surface area contributed by atoms with Crippen molar-refractivity contribution in [1.29, 1.82) is 0 Å². The number of aromatic nitrogens is 1. The number of unbranched alkanes of at least 4 members (excludes halogenated alkanes) is 1. The number of benzene rings is 1. The van der Waals surface area contributed by atoms with E-state index in [0.29, 0.717) is 0 Å². The van der Waals surface area contributed by atoms with Crippen LogP contribution in [0.25, 0.3) is 10.9 Å². The molecule has 1 N–H and O–H groups in total. The molecule has 2 aromatic rings. The molecule has 2 nitrogen and oxygen atoms in total. The third-order valence-electron chi connectivity index (χ3n) is 3.02. The average molecular weight is 216 g/mol. The number of nitrogens with zero attached hydrogens (tertiary/aromatic N) is 1. The van der Waals surface area contributed by atoms with Gasteiger partial charge in [-0.3, -0.25) is 0 Å².